The molecule has 5 heteroatoms. The topological polar surface area (TPSA) is 73.6 Å². The quantitative estimate of drug-likeness (QED) is 0.362. The molecule has 0 unspecified atom stereocenters. The summed E-state index contributed by atoms with van der Waals surface area (Å²) >= 11 is 0. The number of aliphatic hydroxyl groups is 1. The Morgan fingerprint density at radius 3 is 2.79 bits per heavy atom. The number of nitriles is 1. The van der Waals surface area contributed by atoms with Crippen LogP contribution in [0.15, 0.2) is 11.3 Å². The summed E-state index contributed by atoms with van der Waals surface area (Å²) in [6, 6.07) is 1.80. The van der Waals surface area contributed by atoms with Gasteiger partial charge in [0.2, 0.25) is 0 Å². The highest BCUT2D eigenvalue weighted by atomic mass is 16.5. The molecule has 1 N–H and O–H groups in total. The minimum atomic E-state index is -0.650. The first-order chi connectivity index (χ1) is 6.61. The smallest absolute Gasteiger partial charge is 0.350 e. The molecule has 0 amide bonds. The Hall–Kier alpha value is -1.54. The molecule has 1 fully saturated rings. The molecule has 0 aromatic carbocycles. The summed E-state index contributed by atoms with van der Waals surface area (Å²) in [7, 11) is 2.87. The van der Waals surface area contributed by atoms with Crippen LogP contribution in [0, 0.1) is 11.3 Å². The largest absolute Gasteiger partial charge is 0.465 e. The molecular weight excluding hydrogens is 184 g/mol. The van der Waals surface area contributed by atoms with Crippen molar-refractivity contribution in [3.8, 4) is 6.07 Å². The van der Waals surface area contributed by atoms with Crippen molar-refractivity contribution >= 4 is 5.97 Å². The zero-order chi connectivity index (χ0) is 10.7. The van der Waals surface area contributed by atoms with Crippen LogP contribution in [0.1, 0.15) is 12.8 Å². The molecule has 0 aromatic rings. The van der Waals surface area contributed by atoms with Crippen molar-refractivity contribution in [1.29, 1.82) is 5.26 Å². The Bertz CT molecular complexity index is 317. The molecule has 76 valence electrons. The number of carbonyl (C=O) groups excluding carboxylic acids is 1. The van der Waals surface area contributed by atoms with Gasteiger partial charge in [-0.1, -0.05) is 0 Å². The van der Waals surface area contributed by atoms with Crippen molar-refractivity contribution in [2.75, 3.05) is 14.2 Å². The first-order valence-electron chi connectivity index (χ1n) is 4.24. The Labute approximate surface area is 82.2 Å². The van der Waals surface area contributed by atoms with Crippen molar-refractivity contribution < 1.29 is 14.6 Å². The Morgan fingerprint density at radius 2 is 2.43 bits per heavy atom. The standard InChI is InChI=1S/C9H12N2O3/c1-11-7(3-4-8(11)12)6(5-10)9(13)14-2/h8,12H,3-4H2,1-2H3/b7-6+/t8-/m1/s1. The van der Waals surface area contributed by atoms with Crippen LogP contribution in [0.5, 0.6) is 0 Å². The molecule has 0 aromatic heterocycles. The van der Waals surface area contributed by atoms with E-state index in [1.54, 1.807) is 13.1 Å². The van der Waals surface area contributed by atoms with Gasteiger partial charge in [0.25, 0.3) is 0 Å². The van der Waals surface area contributed by atoms with E-state index in [0.717, 1.165) is 0 Å². The minimum Gasteiger partial charge on any atom is -0.465 e. The number of methoxy groups -OCH3 is 1. The monoisotopic (exact) mass is 196 g/mol. The summed E-state index contributed by atoms with van der Waals surface area (Å²) < 4.78 is 4.47. The lowest BCUT2D eigenvalue weighted by molar-refractivity contribution is -0.135. The number of rotatable bonds is 1. The normalized spacial score (nSPS) is 24.4. The molecule has 1 aliphatic rings. The molecule has 1 saturated heterocycles. The van der Waals surface area contributed by atoms with Gasteiger partial charge in [-0.2, -0.15) is 5.26 Å². The third-order valence-electron chi connectivity index (χ3n) is 2.30. The Balaban J connectivity index is 3.02. The fraction of sp³-hybridized carbons (Fsp3) is 0.556. The van der Waals surface area contributed by atoms with Gasteiger partial charge in [-0.25, -0.2) is 4.79 Å². The van der Waals surface area contributed by atoms with Crippen molar-refractivity contribution in [2.24, 2.45) is 0 Å². The summed E-state index contributed by atoms with van der Waals surface area (Å²) in [6.07, 6.45) is 0.446. The highest BCUT2D eigenvalue weighted by molar-refractivity contribution is 5.93. The molecule has 1 rings (SSSR count). The van der Waals surface area contributed by atoms with Gasteiger partial charge in [0.15, 0.2) is 5.57 Å². The van der Waals surface area contributed by atoms with Gasteiger partial charge in [0.1, 0.15) is 12.3 Å². The van der Waals surface area contributed by atoms with E-state index in [-0.39, 0.29) is 5.57 Å². The highest BCUT2D eigenvalue weighted by Gasteiger charge is 2.28. The highest BCUT2D eigenvalue weighted by Crippen LogP contribution is 2.26. The van der Waals surface area contributed by atoms with Gasteiger partial charge < -0.3 is 14.7 Å². The van der Waals surface area contributed by atoms with Gasteiger partial charge in [0.05, 0.1) is 7.11 Å². The van der Waals surface area contributed by atoms with E-state index in [2.05, 4.69) is 4.74 Å². The van der Waals surface area contributed by atoms with E-state index in [1.165, 1.54) is 12.0 Å². The average molecular weight is 196 g/mol. The molecule has 0 bridgehead atoms. The number of esters is 1. The number of allylic oxidation sites excluding steroid dienone is 1. The van der Waals surface area contributed by atoms with Crippen molar-refractivity contribution in [3.05, 3.63) is 11.3 Å². The van der Waals surface area contributed by atoms with Crippen molar-refractivity contribution in [1.82, 2.24) is 4.90 Å². The fourth-order valence-electron chi connectivity index (χ4n) is 1.45. The Morgan fingerprint density at radius 1 is 1.79 bits per heavy atom. The number of aliphatic hydroxyl groups excluding tert-OH is 1. The van der Waals surface area contributed by atoms with Crippen LogP contribution in [0.25, 0.3) is 0 Å². The number of carbonyl (C=O) groups is 1. The second kappa shape index (κ2) is 4.11. The number of nitrogens with zero attached hydrogens (tertiary/aromatic N) is 2. The second-order valence-corrected chi connectivity index (χ2v) is 3.06. The molecule has 0 radical (unpaired) electrons. The summed E-state index contributed by atoms with van der Waals surface area (Å²) in [5, 5.41) is 18.2. The lowest BCUT2D eigenvalue weighted by Crippen LogP contribution is -2.24. The maximum absolute atomic E-state index is 11.2. The predicted molar refractivity (Wildman–Crippen MR) is 47.7 cm³/mol. The zero-order valence-electron chi connectivity index (χ0n) is 8.15. The van der Waals surface area contributed by atoms with Gasteiger partial charge in [-0.3, -0.25) is 0 Å². The summed E-state index contributed by atoms with van der Waals surface area (Å²) in [4.78, 5) is 12.7. The number of hydrogen-bond acceptors (Lipinski definition) is 5. The maximum Gasteiger partial charge on any atom is 0.350 e. The molecule has 1 atom stereocenters. The molecule has 5 nitrogen and oxygen atoms in total. The van der Waals surface area contributed by atoms with Gasteiger partial charge >= 0.3 is 5.97 Å². The lowest BCUT2D eigenvalue weighted by Gasteiger charge is -2.18. The van der Waals surface area contributed by atoms with Crippen LogP contribution in [0.4, 0.5) is 0 Å². The fourth-order valence-corrected chi connectivity index (χ4v) is 1.45. The SMILES string of the molecule is COC(=O)/C(C#N)=C1\CC[C@@H](O)N1C. The van der Waals surface area contributed by atoms with Crippen LogP contribution < -0.4 is 0 Å². The minimum absolute atomic E-state index is 0.0217. The number of ether oxygens (including phenoxy) is 1. The molecule has 1 heterocycles. The van der Waals surface area contributed by atoms with E-state index < -0.39 is 12.2 Å². The van der Waals surface area contributed by atoms with E-state index in [1.807, 2.05) is 0 Å². The number of likely N-dealkylation sites (tertiary alicyclic amines) is 1. The van der Waals surface area contributed by atoms with Gasteiger partial charge in [0, 0.05) is 12.7 Å². The third kappa shape index (κ3) is 1.70. The molecule has 14 heavy (non-hydrogen) atoms. The lowest BCUT2D eigenvalue weighted by atomic mass is 10.2. The average Bonchev–Trinajstić information content (AvgIpc) is 2.50. The Kier molecular flexibility index (Phi) is 3.10. The molecular formula is C9H12N2O3. The second-order valence-electron chi connectivity index (χ2n) is 3.06. The summed E-state index contributed by atoms with van der Waals surface area (Å²) in [6.45, 7) is 0. The maximum atomic E-state index is 11.2. The van der Waals surface area contributed by atoms with E-state index in [9.17, 15) is 9.90 Å². The summed E-state index contributed by atoms with van der Waals surface area (Å²) in [5.41, 5.74) is 0.526. The number of hydrogen-bond donors (Lipinski definition) is 1. The van der Waals surface area contributed by atoms with Crippen molar-refractivity contribution in [2.45, 2.75) is 19.1 Å². The van der Waals surface area contributed by atoms with Gasteiger partial charge in [-0.05, 0) is 12.8 Å². The van der Waals surface area contributed by atoms with E-state index in [0.29, 0.717) is 18.5 Å². The summed E-state index contributed by atoms with van der Waals surface area (Å²) in [5.74, 6) is -0.650. The molecule has 0 aliphatic carbocycles. The molecule has 0 saturated carbocycles. The van der Waals surface area contributed by atoms with E-state index >= 15 is 0 Å². The predicted octanol–water partition coefficient (Wildman–Crippen LogP) is -0.0189. The van der Waals surface area contributed by atoms with Crippen LogP contribution >= 0.6 is 0 Å². The van der Waals surface area contributed by atoms with Crippen molar-refractivity contribution in [3.63, 3.8) is 0 Å². The molecule has 0 spiro atoms. The van der Waals surface area contributed by atoms with Crippen LogP contribution in [0.2, 0.25) is 0 Å². The van der Waals surface area contributed by atoms with Crippen LogP contribution in [-0.4, -0.2) is 36.4 Å². The first kappa shape index (κ1) is 10.5. The van der Waals surface area contributed by atoms with Crippen LogP contribution in [0.3, 0.4) is 0 Å². The third-order valence-corrected chi connectivity index (χ3v) is 2.30. The van der Waals surface area contributed by atoms with E-state index in [4.69, 9.17) is 5.26 Å². The first-order valence-corrected chi connectivity index (χ1v) is 4.24. The zero-order valence-corrected chi connectivity index (χ0v) is 8.15. The molecule has 1 aliphatic heterocycles. The van der Waals surface area contributed by atoms with Gasteiger partial charge in [-0.15, -0.1) is 0 Å². The van der Waals surface area contributed by atoms with Crippen LogP contribution in [-0.2, 0) is 9.53 Å².